The number of benzene rings is 1. The SMILES string of the molecule is Cc1cc(Oc2ncc(CO)cc2Cl)ccc1F. The van der Waals surface area contributed by atoms with Crippen LogP contribution in [0.3, 0.4) is 0 Å². The Morgan fingerprint density at radius 3 is 2.78 bits per heavy atom. The number of aromatic nitrogens is 1. The molecular formula is C13H11ClFNO2. The summed E-state index contributed by atoms with van der Waals surface area (Å²) in [6.07, 6.45) is 1.47. The van der Waals surface area contributed by atoms with Crippen molar-refractivity contribution in [2.24, 2.45) is 0 Å². The van der Waals surface area contributed by atoms with Crippen molar-refractivity contribution in [3.8, 4) is 11.6 Å². The summed E-state index contributed by atoms with van der Waals surface area (Å²) in [5, 5.41) is 9.22. The zero-order valence-corrected chi connectivity index (χ0v) is 10.4. The van der Waals surface area contributed by atoms with Gasteiger partial charge in [-0.3, -0.25) is 0 Å². The predicted octanol–water partition coefficient (Wildman–Crippen LogP) is 3.47. The summed E-state index contributed by atoms with van der Waals surface area (Å²) in [5.41, 5.74) is 1.08. The molecule has 1 N–H and O–H groups in total. The van der Waals surface area contributed by atoms with E-state index in [-0.39, 0.29) is 18.3 Å². The van der Waals surface area contributed by atoms with Gasteiger partial charge in [0.15, 0.2) is 0 Å². The number of aryl methyl sites for hydroxylation is 1. The molecule has 0 bridgehead atoms. The van der Waals surface area contributed by atoms with Gasteiger partial charge >= 0.3 is 0 Å². The van der Waals surface area contributed by atoms with Gasteiger partial charge in [0.1, 0.15) is 16.6 Å². The molecule has 18 heavy (non-hydrogen) atoms. The standard InChI is InChI=1S/C13H11ClFNO2/c1-8-4-10(2-3-12(8)15)18-13-11(14)5-9(7-17)6-16-13/h2-6,17H,7H2,1H3. The molecule has 1 aromatic heterocycles. The van der Waals surface area contributed by atoms with Crippen molar-refractivity contribution in [1.82, 2.24) is 4.98 Å². The number of aliphatic hydroxyl groups excluding tert-OH is 1. The smallest absolute Gasteiger partial charge is 0.238 e. The first-order chi connectivity index (χ1) is 8.60. The van der Waals surface area contributed by atoms with Gasteiger partial charge in [-0.05, 0) is 42.3 Å². The average molecular weight is 268 g/mol. The summed E-state index contributed by atoms with van der Waals surface area (Å²) < 4.78 is 18.5. The summed E-state index contributed by atoms with van der Waals surface area (Å²) in [7, 11) is 0. The molecule has 1 heterocycles. The fraction of sp³-hybridized carbons (Fsp3) is 0.154. The number of nitrogens with zero attached hydrogens (tertiary/aromatic N) is 1. The molecular weight excluding hydrogens is 257 g/mol. The summed E-state index contributed by atoms with van der Waals surface area (Å²) in [6.45, 7) is 1.51. The molecule has 0 saturated heterocycles. The third kappa shape index (κ3) is 2.78. The van der Waals surface area contributed by atoms with E-state index in [1.165, 1.54) is 18.3 Å². The Kier molecular flexibility index (Phi) is 3.79. The van der Waals surface area contributed by atoms with Crippen molar-refractivity contribution in [3.63, 3.8) is 0 Å². The van der Waals surface area contributed by atoms with E-state index in [0.29, 0.717) is 21.9 Å². The topological polar surface area (TPSA) is 42.4 Å². The van der Waals surface area contributed by atoms with E-state index in [9.17, 15) is 4.39 Å². The summed E-state index contributed by atoms with van der Waals surface area (Å²) >= 11 is 5.96. The number of rotatable bonds is 3. The van der Waals surface area contributed by atoms with Crippen molar-refractivity contribution in [1.29, 1.82) is 0 Å². The highest BCUT2D eigenvalue weighted by molar-refractivity contribution is 6.31. The Labute approximate surface area is 109 Å². The molecule has 94 valence electrons. The molecule has 2 rings (SSSR count). The second-order valence-electron chi connectivity index (χ2n) is 3.80. The highest BCUT2D eigenvalue weighted by Gasteiger charge is 2.07. The average Bonchev–Trinajstić information content (AvgIpc) is 2.36. The van der Waals surface area contributed by atoms with Crippen LogP contribution in [-0.2, 0) is 6.61 Å². The van der Waals surface area contributed by atoms with Gasteiger partial charge < -0.3 is 9.84 Å². The van der Waals surface area contributed by atoms with Gasteiger partial charge in [0, 0.05) is 6.20 Å². The Balaban J connectivity index is 2.25. The van der Waals surface area contributed by atoms with Gasteiger partial charge in [-0.15, -0.1) is 0 Å². The number of pyridine rings is 1. The lowest BCUT2D eigenvalue weighted by Gasteiger charge is -2.08. The van der Waals surface area contributed by atoms with Crippen LogP contribution in [0, 0.1) is 12.7 Å². The number of ether oxygens (including phenoxy) is 1. The molecule has 0 unspecified atom stereocenters. The number of hydrogen-bond donors (Lipinski definition) is 1. The van der Waals surface area contributed by atoms with E-state index in [1.807, 2.05) is 0 Å². The second-order valence-corrected chi connectivity index (χ2v) is 4.21. The first-order valence-electron chi connectivity index (χ1n) is 5.29. The number of halogens is 2. The van der Waals surface area contributed by atoms with Crippen LogP contribution in [-0.4, -0.2) is 10.1 Å². The third-order valence-corrected chi connectivity index (χ3v) is 2.66. The Hall–Kier alpha value is -1.65. The molecule has 0 aliphatic carbocycles. The molecule has 0 radical (unpaired) electrons. The van der Waals surface area contributed by atoms with Crippen molar-refractivity contribution < 1.29 is 14.2 Å². The van der Waals surface area contributed by atoms with Crippen LogP contribution in [0.1, 0.15) is 11.1 Å². The van der Waals surface area contributed by atoms with Crippen LogP contribution in [0.5, 0.6) is 11.6 Å². The Morgan fingerprint density at radius 1 is 1.39 bits per heavy atom. The minimum Gasteiger partial charge on any atom is -0.438 e. The van der Waals surface area contributed by atoms with E-state index >= 15 is 0 Å². The largest absolute Gasteiger partial charge is 0.438 e. The zero-order chi connectivity index (χ0) is 13.1. The minimum atomic E-state index is -0.294. The van der Waals surface area contributed by atoms with Crippen LogP contribution in [0.25, 0.3) is 0 Å². The van der Waals surface area contributed by atoms with Crippen molar-refractivity contribution >= 4 is 11.6 Å². The van der Waals surface area contributed by atoms with E-state index in [0.717, 1.165) is 0 Å². The molecule has 0 saturated carbocycles. The second kappa shape index (κ2) is 5.33. The van der Waals surface area contributed by atoms with E-state index in [4.69, 9.17) is 21.4 Å². The maximum Gasteiger partial charge on any atom is 0.238 e. The maximum absolute atomic E-state index is 13.1. The summed E-state index contributed by atoms with van der Waals surface area (Å²) in [5.74, 6) is 0.386. The lowest BCUT2D eigenvalue weighted by molar-refractivity contribution is 0.281. The fourth-order valence-corrected chi connectivity index (χ4v) is 1.65. The molecule has 1 aromatic carbocycles. The summed E-state index contributed by atoms with van der Waals surface area (Å²) in [4.78, 5) is 3.99. The highest BCUT2D eigenvalue weighted by atomic mass is 35.5. The van der Waals surface area contributed by atoms with Crippen LogP contribution in [0.15, 0.2) is 30.5 Å². The van der Waals surface area contributed by atoms with E-state index in [1.54, 1.807) is 19.1 Å². The van der Waals surface area contributed by atoms with Crippen LogP contribution in [0.4, 0.5) is 4.39 Å². The first kappa shape index (κ1) is 12.8. The molecule has 5 heteroatoms. The lowest BCUT2D eigenvalue weighted by Crippen LogP contribution is -1.93. The fourth-order valence-electron chi connectivity index (χ4n) is 1.42. The minimum absolute atomic E-state index is 0.136. The van der Waals surface area contributed by atoms with E-state index < -0.39 is 0 Å². The van der Waals surface area contributed by atoms with Crippen LogP contribution >= 0.6 is 11.6 Å². The third-order valence-electron chi connectivity index (χ3n) is 2.39. The Morgan fingerprint density at radius 2 is 2.17 bits per heavy atom. The van der Waals surface area contributed by atoms with Crippen LogP contribution < -0.4 is 4.74 Å². The van der Waals surface area contributed by atoms with Gasteiger partial charge in [-0.2, -0.15) is 0 Å². The van der Waals surface area contributed by atoms with Crippen molar-refractivity contribution in [3.05, 3.63) is 52.4 Å². The molecule has 0 aliphatic heterocycles. The molecule has 3 nitrogen and oxygen atoms in total. The van der Waals surface area contributed by atoms with Gasteiger partial charge in [0.25, 0.3) is 0 Å². The predicted molar refractivity (Wildman–Crippen MR) is 66.4 cm³/mol. The normalized spacial score (nSPS) is 10.4. The summed E-state index contributed by atoms with van der Waals surface area (Å²) in [6, 6.07) is 5.95. The number of aliphatic hydroxyl groups is 1. The highest BCUT2D eigenvalue weighted by Crippen LogP contribution is 2.28. The zero-order valence-electron chi connectivity index (χ0n) is 9.65. The van der Waals surface area contributed by atoms with Gasteiger partial charge in [0.05, 0.1) is 6.61 Å². The van der Waals surface area contributed by atoms with E-state index in [2.05, 4.69) is 4.98 Å². The Bertz CT molecular complexity index is 575. The van der Waals surface area contributed by atoms with Gasteiger partial charge in [-0.1, -0.05) is 11.6 Å². The molecule has 0 spiro atoms. The molecule has 2 aromatic rings. The van der Waals surface area contributed by atoms with Gasteiger partial charge in [-0.25, -0.2) is 9.37 Å². The molecule has 0 atom stereocenters. The lowest BCUT2D eigenvalue weighted by atomic mass is 10.2. The van der Waals surface area contributed by atoms with Crippen molar-refractivity contribution in [2.45, 2.75) is 13.5 Å². The van der Waals surface area contributed by atoms with Gasteiger partial charge in [0.2, 0.25) is 5.88 Å². The number of hydrogen-bond acceptors (Lipinski definition) is 3. The van der Waals surface area contributed by atoms with Crippen molar-refractivity contribution in [2.75, 3.05) is 0 Å². The quantitative estimate of drug-likeness (QED) is 0.926. The first-order valence-corrected chi connectivity index (χ1v) is 5.67. The molecule has 0 aliphatic rings. The van der Waals surface area contributed by atoms with Crippen LogP contribution in [0.2, 0.25) is 5.02 Å². The monoisotopic (exact) mass is 267 g/mol. The maximum atomic E-state index is 13.1. The molecule has 0 fully saturated rings. The molecule has 0 amide bonds.